The first-order chi connectivity index (χ1) is 14.2. The number of benzene rings is 2. The molecular formula is C20H17F6N3O2. The number of halogens is 6. The Balaban J connectivity index is 2.12. The molecule has 5 N–H and O–H groups in total. The summed E-state index contributed by atoms with van der Waals surface area (Å²) < 4.78 is 80.9. The number of anilines is 1. The van der Waals surface area contributed by atoms with Crippen molar-refractivity contribution in [1.82, 2.24) is 0 Å². The third-order valence-corrected chi connectivity index (χ3v) is 5.17. The predicted octanol–water partition coefficient (Wildman–Crippen LogP) is 3.43. The van der Waals surface area contributed by atoms with E-state index in [0.29, 0.717) is 0 Å². The lowest BCUT2D eigenvalue weighted by Gasteiger charge is -2.37. The maximum Gasteiger partial charge on any atom is 0.398 e. The van der Waals surface area contributed by atoms with Crippen LogP contribution in [-0.4, -0.2) is 29.7 Å². The summed E-state index contributed by atoms with van der Waals surface area (Å²) in [4.78, 5) is 23.8. The van der Waals surface area contributed by atoms with Crippen molar-refractivity contribution >= 4 is 17.5 Å². The average molecular weight is 445 g/mol. The monoisotopic (exact) mass is 445 g/mol. The van der Waals surface area contributed by atoms with Gasteiger partial charge in [-0.2, -0.15) is 26.3 Å². The molecule has 0 saturated heterocycles. The van der Waals surface area contributed by atoms with Gasteiger partial charge in [0.15, 0.2) is 0 Å². The Labute approximate surface area is 172 Å². The molecule has 2 aromatic carbocycles. The van der Waals surface area contributed by atoms with E-state index in [1.807, 2.05) is 0 Å². The van der Waals surface area contributed by atoms with Crippen molar-refractivity contribution in [2.24, 2.45) is 11.5 Å². The highest BCUT2D eigenvalue weighted by Crippen LogP contribution is 2.49. The summed E-state index contributed by atoms with van der Waals surface area (Å²) in [6.07, 6.45) is -11.6. The second-order valence-corrected chi connectivity index (χ2v) is 7.39. The number of rotatable bonds is 5. The molecule has 11 heteroatoms. The van der Waals surface area contributed by atoms with E-state index >= 15 is 0 Å². The molecule has 31 heavy (non-hydrogen) atoms. The van der Waals surface area contributed by atoms with Crippen LogP contribution >= 0.6 is 0 Å². The topological polar surface area (TPSA) is 98.2 Å². The van der Waals surface area contributed by atoms with Crippen LogP contribution in [0.4, 0.5) is 32.0 Å². The van der Waals surface area contributed by atoms with Gasteiger partial charge in [0, 0.05) is 17.7 Å². The molecule has 1 aliphatic rings. The van der Waals surface area contributed by atoms with Crippen LogP contribution in [0.3, 0.4) is 0 Å². The van der Waals surface area contributed by atoms with Gasteiger partial charge in [0.1, 0.15) is 11.5 Å². The summed E-state index contributed by atoms with van der Waals surface area (Å²) in [5.74, 6) is -4.70. The van der Waals surface area contributed by atoms with E-state index in [0.717, 1.165) is 24.3 Å². The molecule has 5 nitrogen and oxygen atoms in total. The van der Waals surface area contributed by atoms with Crippen molar-refractivity contribution < 1.29 is 35.9 Å². The second kappa shape index (κ2) is 7.47. The first kappa shape index (κ1) is 22.4. The largest absolute Gasteiger partial charge is 0.398 e. The van der Waals surface area contributed by atoms with Crippen LogP contribution in [0.1, 0.15) is 33.0 Å². The van der Waals surface area contributed by atoms with E-state index in [1.165, 1.54) is 18.2 Å². The van der Waals surface area contributed by atoms with Gasteiger partial charge in [-0.1, -0.05) is 24.3 Å². The van der Waals surface area contributed by atoms with E-state index in [1.54, 1.807) is 0 Å². The van der Waals surface area contributed by atoms with Gasteiger partial charge in [-0.25, -0.2) is 0 Å². The lowest BCUT2D eigenvalue weighted by molar-refractivity contribution is -0.168. The molecule has 0 spiro atoms. The quantitative estimate of drug-likeness (QED) is 0.615. The summed E-state index contributed by atoms with van der Waals surface area (Å²) in [6.45, 7) is 0. The Kier molecular flexibility index (Phi) is 5.41. The number of hydrogen-bond acceptors (Lipinski definition) is 3. The van der Waals surface area contributed by atoms with Crippen LogP contribution in [0.2, 0.25) is 0 Å². The van der Waals surface area contributed by atoms with E-state index in [4.69, 9.17) is 11.5 Å². The maximum absolute atomic E-state index is 14.2. The van der Waals surface area contributed by atoms with E-state index < -0.39 is 54.0 Å². The molecule has 1 aliphatic heterocycles. The number of carbonyl (C=O) groups excluding carboxylic acids is 2. The van der Waals surface area contributed by atoms with Gasteiger partial charge < -0.3 is 16.8 Å². The minimum Gasteiger partial charge on any atom is -0.370 e. The van der Waals surface area contributed by atoms with Crippen molar-refractivity contribution in [2.45, 2.75) is 36.7 Å². The lowest BCUT2D eigenvalue weighted by atomic mass is 9.75. The molecule has 0 fully saturated rings. The van der Waals surface area contributed by atoms with Crippen molar-refractivity contribution in [2.75, 3.05) is 5.32 Å². The summed E-state index contributed by atoms with van der Waals surface area (Å²) in [5, 5.41) is 2.52. The second-order valence-electron chi connectivity index (χ2n) is 7.39. The molecule has 2 atom stereocenters. The van der Waals surface area contributed by atoms with Crippen molar-refractivity contribution in [1.29, 1.82) is 0 Å². The van der Waals surface area contributed by atoms with Crippen LogP contribution in [0.15, 0.2) is 42.5 Å². The summed E-state index contributed by atoms with van der Waals surface area (Å²) in [5.41, 5.74) is 7.65. The Morgan fingerprint density at radius 2 is 1.71 bits per heavy atom. The molecule has 0 aromatic heterocycles. The highest BCUT2D eigenvalue weighted by molar-refractivity contribution is 5.96. The number of fused-ring (bicyclic) bond motifs is 1. The van der Waals surface area contributed by atoms with Gasteiger partial charge in [-0.15, -0.1) is 0 Å². The SMILES string of the molecule is NC(=O)c1ccc2c(c1)CC(C(N)=O)(C(c1cccc(CC(F)(F)F)c1)C(F)(F)F)N2. The fourth-order valence-electron chi connectivity index (χ4n) is 3.93. The number of hydrogen-bond donors (Lipinski definition) is 3. The predicted molar refractivity (Wildman–Crippen MR) is 99.2 cm³/mol. The standard InChI is InChI=1S/C20H17F6N3O2/c21-19(22,23)8-10-2-1-3-11(6-10)15(20(24,25)26)18(17(28)31)9-13-7-12(16(27)30)4-5-14(13)29-18/h1-7,15,29H,8-9H2,(H2,27,30)(H2,28,31). The summed E-state index contributed by atoms with van der Waals surface area (Å²) >= 11 is 0. The van der Waals surface area contributed by atoms with Crippen LogP contribution in [0.5, 0.6) is 0 Å². The number of primary amides is 2. The van der Waals surface area contributed by atoms with E-state index in [2.05, 4.69) is 5.32 Å². The van der Waals surface area contributed by atoms with E-state index in [-0.39, 0.29) is 22.4 Å². The minimum absolute atomic E-state index is 0.0246. The van der Waals surface area contributed by atoms with Crippen molar-refractivity contribution in [3.8, 4) is 0 Å². The Morgan fingerprint density at radius 3 is 2.26 bits per heavy atom. The van der Waals surface area contributed by atoms with Crippen LogP contribution in [0, 0.1) is 0 Å². The van der Waals surface area contributed by atoms with Gasteiger partial charge >= 0.3 is 12.4 Å². The molecule has 3 rings (SSSR count). The normalized spacial score (nSPS) is 19.4. The first-order valence-corrected chi connectivity index (χ1v) is 8.96. The van der Waals surface area contributed by atoms with E-state index in [9.17, 15) is 35.9 Å². The van der Waals surface area contributed by atoms with Crippen LogP contribution in [0.25, 0.3) is 0 Å². The number of nitrogens with one attached hydrogen (secondary N) is 1. The highest BCUT2D eigenvalue weighted by atomic mass is 19.4. The molecule has 2 unspecified atom stereocenters. The van der Waals surface area contributed by atoms with Crippen molar-refractivity contribution in [3.63, 3.8) is 0 Å². The van der Waals surface area contributed by atoms with Gasteiger partial charge in [0.2, 0.25) is 11.8 Å². The van der Waals surface area contributed by atoms with Gasteiger partial charge in [0.05, 0.1) is 6.42 Å². The zero-order chi connectivity index (χ0) is 23.2. The van der Waals surface area contributed by atoms with Gasteiger partial charge in [0.25, 0.3) is 0 Å². The van der Waals surface area contributed by atoms with Crippen LogP contribution < -0.4 is 16.8 Å². The maximum atomic E-state index is 14.2. The molecule has 0 saturated carbocycles. The molecule has 166 valence electrons. The molecule has 2 aromatic rings. The highest BCUT2D eigenvalue weighted by Gasteiger charge is 2.60. The number of nitrogens with two attached hydrogens (primary N) is 2. The lowest BCUT2D eigenvalue weighted by Crippen LogP contribution is -2.57. The zero-order valence-corrected chi connectivity index (χ0v) is 15.8. The zero-order valence-electron chi connectivity index (χ0n) is 15.8. The Morgan fingerprint density at radius 1 is 1.03 bits per heavy atom. The van der Waals surface area contributed by atoms with Crippen LogP contribution in [-0.2, 0) is 17.6 Å². The third-order valence-electron chi connectivity index (χ3n) is 5.17. The first-order valence-electron chi connectivity index (χ1n) is 8.96. The van der Waals surface area contributed by atoms with Crippen molar-refractivity contribution in [3.05, 3.63) is 64.7 Å². The smallest absolute Gasteiger partial charge is 0.370 e. The van der Waals surface area contributed by atoms with Gasteiger partial charge in [-0.05, 0) is 34.9 Å². The molecular weight excluding hydrogens is 428 g/mol. The molecule has 2 amide bonds. The Bertz CT molecular complexity index is 1030. The minimum atomic E-state index is -5.03. The number of alkyl halides is 6. The fraction of sp³-hybridized carbons (Fsp3) is 0.300. The number of amides is 2. The average Bonchev–Trinajstić information content (AvgIpc) is 2.98. The summed E-state index contributed by atoms with van der Waals surface area (Å²) in [7, 11) is 0. The Hall–Kier alpha value is -3.24. The molecule has 0 bridgehead atoms. The molecule has 0 aliphatic carbocycles. The molecule has 1 heterocycles. The molecule has 0 radical (unpaired) electrons. The van der Waals surface area contributed by atoms with Gasteiger partial charge in [-0.3, -0.25) is 9.59 Å². The third kappa shape index (κ3) is 4.44. The summed E-state index contributed by atoms with van der Waals surface area (Å²) in [6, 6.07) is 7.72. The fourth-order valence-corrected chi connectivity index (χ4v) is 3.93. The number of carbonyl (C=O) groups is 2.